The van der Waals surface area contributed by atoms with Crippen LogP contribution in [0, 0.1) is 0 Å². The standard InChI is InChI=1S/C18H25F3N2O2/c1-2-3-4-5-6-7-11-15(16(22)24)23-17(25)13-9-8-10-14(12-13)18(19,20)21/h8-10,12,15H,2-7,11H2,1H3,(H2,22,24)(H,23,25)/t15-/m0/s1. The van der Waals surface area contributed by atoms with Gasteiger partial charge in [-0.05, 0) is 24.6 Å². The van der Waals surface area contributed by atoms with E-state index in [1.54, 1.807) is 0 Å². The molecule has 0 saturated carbocycles. The van der Waals surface area contributed by atoms with Crippen molar-refractivity contribution in [1.29, 1.82) is 0 Å². The summed E-state index contributed by atoms with van der Waals surface area (Å²) in [6.45, 7) is 2.12. The number of halogens is 3. The first-order chi connectivity index (χ1) is 11.8. The van der Waals surface area contributed by atoms with Gasteiger partial charge in [0.2, 0.25) is 5.91 Å². The first-order valence-corrected chi connectivity index (χ1v) is 8.53. The monoisotopic (exact) mass is 358 g/mol. The molecule has 1 rings (SSSR count). The molecule has 0 bridgehead atoms. The van der Waals surface area contributed by atoms with Crippen LogP contribution in [0.25, 0.3) is 0 Å². The quantitative estimate of drug-likeness (QED) is 0.620. The van der Waals surface area contributed by atoms with Crippen LogP contribution in [0.2, 0.25) is 0 Å². The van der Waals surface area contributed by atoms with E-state index in [-0.39, 0.29) is 5.56 Å². The Balaban J connectivity index is 2.60. The molecule has 140 valence electrons. The fourth-order valence-corrected chi connectivity index (χ4v) is 2.49. The number of primary amides is 1. The normalized spacial score (nSPS) is 12.6. The minimum absolute atomic E-state index is 0.149. The van der Waals surface area contributed by atoms with Crippen molar-refractivity contribution in [2.24, 2.45) is 5.73 Å². The Bertz CT molecular complexity index is 574. The predicted octanol–water partition coefficient (Wildman–Crippen LogP) is 4.04. The number of nitrogens with one attached hydrogen (secondary N) is 1. The van der Waals surface area contributed by atoms with Crippen LogP contribution in [0.1, 0.15) is 67.8 Å². The summed E-state index contributed by atoms with van der Waals surface area (Å²) >= 11 is 0. The smallest absolute Gasteiger partial charge is 0.368 e. The number of benzene rings is 1. The van der Waals surface area contributed by atoms with Crippen LogP contribution in [0.15, 0.2) is 24.3 Å². The molecule has 7 heteroatoms. The highest BCUT2D eigenvalue weighted by Gasteiger charge is 2.31. The molecule has 1 aromatic rings. The van der Waals surface area contributed by atoms with Gasteiger partial charge in [-0.2, -0.15) is 13.2 Å². The lowest BCUT2D eigenvalue weighted by atomic mass is 10.0. The highest BCUT2D eigenvalue weighted by molar-refractivity contribution is 5.97. The fraction of sp³-hybridized carbons (Fsp3) is 0.556. The van der Waals surface area contributed by atoms with Crippen LogP contribution in [0.3, 0.4) is 0 Å². The maximum Gasteiger partial charge on any atom is 0.416 e. The largest absolute Gasteiger partial charge is 0.416 e. The van der Waals surface area contributed by atoms with Crippen molar-refractivity contribution in [3.63, 3.8) is 0 Å². The molecule has 0 saturated heterocycles. The Morgan fingerprint density at radius 2 is 1.76 bits per heavy atom. The average Bonchev–Trinajstić information content (AvgIpc) is 2.55. The van der Waals surface area contributed by atoms with Gasteiger partial charge in [-0.1, -0.05) is 51.5 Å². The van der Waals surface area contributed by atoms with Crippen molar-refractivity contribution in [1.82, 2.24) is 5.32 Å². The van der Waals surface area contributed by atoms with E-state index in [2.05, 4.69) is 12.2 Å². The van der Waals surface area contributed by atoms with Crippen LogP contribution >= 0.6 is 0 Å². The molecule has 0 fully saturated rings. The number of carbonyl (C=O) groups excluding carboxylic acids is 2. The third-order valence-corrected chi connectivity index (χ3v) is 3.95. The zero-order valence-corrected chi connectivity index (χ0v) is 14.4. The number of hydrogen-bond acceptors (Lipinski definition) is 2. The molecule has 0 aliphatic rings. The summed E-state index contributed by atoms with van der Waals surface area (Å²) in [7, 11) is 0. The molecule has 2 amide bonds. The minimum atomic E-state index is -4.53. The minimum Gasteiger partial charge on any atom is -0.368 e. The summed E-state index contributed by atoms with van der Waals surface area (Å²) in [6, 6.07) is 3.20. The van der Waals surface area contributed by atoms with Crippen molar-refractivity contribution in [2.45, 2.75) is 64.1 Å². The van der Waals surface area contributed by atoms with Gasteiger partial charge in [0.15, 0.2) is 0 Å². The van der Waals surface area contributed by atoms with Gasteiger partial charge >= 0.3 is 6.18 Å². The van der Waals surface area contributed by atoms with E-state index in [0.29, 0.717) is 6.42 Å². The van der Waals surface area contributed by atoms with Crippen molar-refractivity contribution in [2.75, 3.05) is 0 Å². The van der Waals surface area contributed by atoms with Crippen LogP contribution < -0.4 is 11.1 Å². The second kappa shape index (κ2) is 10.1. The van der Waals surface area contributed by atoms with Crippen molar-refractivity contribution in [3.05, 3.63) is 35.4 Å². The molecule has 0 aliphatic heterocycles. The van der Waals surface area contributed by atoms with E-state index >= 15 is 0 Å². The molecule has 4 nitrogen and oxygen atoms in total. The van der Waals surface area contributed by atoms with Crippen LogP contribution in [0.4, 0.5) is 13.2 Å². The summed E-state index contributed by atoms with van der Waals surface area (Å²) in [5.41, 5.74) is 4.23. The SMILES string of the molecule is CCCCCCCC[C@H](NC(=O)c1cccc(C(F)(F)F)c1)C(N)=O. The van der Waals surface area contributed by atoms with Gasteiger partial charge in [0.25, 0.3) is 5.91 Å². The topological polar surface area (TPSA) is 72.2 Å². The maximum absolute atomic E-state index is 12.7. The highest BCUT2D eigenvalue weighted by atomic mass is 19.4. The lowest BCUT2D eigenvalue weighted by molar-refractivity contribution is -0.137. The molecular formula is C18H25F3N2O2. The van der Waals surface area contributed by atoms with Crippen molar-refractivity contribution < 1.29 is 22.8 Å². The van der Waals surface area contributed by atoms with E-state index in [1.165, 1.54) is 6.07 Å². The van der Waals surface area contributed by atoms with E-state index in [4.69, 9.17) is 5.73 Å². The molecule has 0 aliphatic carbocycles. The van der Waals surface area contributed by atoms with Crippen LogP contribution in [0.5, 0.6) is 0 Å². The summed E-state index contributed by atoms with van der Waals surface area (Å²) < 4.78 is 38.1. The zero-order valence-electron chi connectivity index (χ0n) is 14.4. The molecule has 0 spiro atoms. The summed E-state index contributed by atoms with van der Waals surface area (Å²) in [4.78, 5) is 23.6. The van der Waals surface area contributed by atoms with E-state index in [0.717, 1.165) is 56.7 Å². The summed E-state index contributed by atoms with van der Waals surface area (Å²) in [6.07, 6.45) is 1.95. The number of hydrogen-bond donors (Lipinski definition) is 2. The van der Waals surface area contributed by atoms with Gasteiger partial charge in [0.1, 0.15) is 6.04 Å². The van der Waals surface area contributed by atoms with Crippen LogP contribution in [-0.4, -0.2) is 17.9 Å². The van der Waals surface area contributed by atoms with Gasteiger partial charge in [-0.15, -0.1) is 0 Å². The third-order valence-electron chi connectivity index (χ3n) is 3.95. The second-order valence-electron chi connectivity index (χ2n) is 6.06. The lowest BCUT2D eigenvalue weighted by Crippen LogP contribution is -2.44. The van der Waals surface area contributed by atoms with E-state index < -0.39 is 29.6 Å². The molecule has 0 radical (unpaired) electrons. The Morgan fingerprint density at radius 1 is 1.12 bits per heavy atom. The molecule has 1 aromatic carbocycles. The number of carbonyl (C=O) groups is 2. The zero-order chi connectivity index (χ0) is 18.9. The first-order valence-electron chi connectivity index (χ1n) is 8.53. The van der Waals surface area contributed by atoms with Gasteiger partial charge in [0, 0.05) is 5.56 Å². The summed E-state index contributed by atoms with van der Waals surface area (Å²) in [5.74, 6) is -1.42. The average molecular weight is 358 g/mol. The van der Waals surface area contributed by atoms with Gasteiger partial charge in [-0.25, -0.2) is 0 Å². The fourth-order valence-electron chi connectivity index (χ4n) is 2.49. The third kappa shape index (κ3) is 7.58. The van der Waals surface area contributed by atoms with Crippen molar-refractivity contribution >= 4 is 11.8 Å². The predicted molar refractivity (Wildman–Crippen MR) is 89.9 cm³/mol. The molecular weight excluding hydrogens is 333 g/mol. The van der Waals surface area contributed by atoms with Crippen LogP contribution in [-0.2, 0) is 11.0 Å². The Kier molecular flexibility index (Phi) is 8.45. The van der Waals surface area contributed by atoms with Crippen molar-refractivity contribution in [3.8, 4) is 0 Å². The number of nitrogens with two attached hydrogens (primary N) is 1. The Hall–Kier alpha value is -2.05. The molecule has 3 N–H and O–H groups in total. The van der Waals surface area contributed by atoms with Gasteiger partial charge in [0.05, 0.1) is 5.56 Å². The van der Waals surface area contributed by atoms with Gasteiger partial charge in [-0.3, -0.25) is 9.59 Å². The van der Waals surface area contributed by atoms with E-state index in [9.17, 15) is 22.8 Å². The Labute approximate surface area is 146 Å². The maximum atomic E-state index is 12.7. The highest BCUT2D eigenvalue weighted by Crippen LogP contribution is 2.29. The molecule has 25 heavy (non-hydrogen) atoms. The Morgan fingerprint density at radius 3 is 2.36 bits per heavy atom. The number of alkyl halides is 3. The van der Waals surface area contributed by atoms with E-state index in [1.807, 2.05) is 0 Å². The first kappa shape index (κ1) is 21.0. The molecule has 1 atom stereocenters. The number of rotatable bonds is 10. The summed E-state index contributed by atoms with van der Waals surface area (Å²) in [5, 5.41) is 2.43. The lowest BCUT2D eigenvalue weighted by Gasteiger charge is -2.16. The number of amides is 2. The van der Waals surface area contributed by atoms with Gasteiger partial charge < -0.3 is 11.1 Å². The number of unbranched alkanes of at least 4 members (excludes halogenated alkanes) is 5. The molecule has 0 heterocycles. The molecule has 0 aromatic heterocycles. The second-order valence-corrected chi connectivity index (χ2v) is 6.06. The molecule has 0 unspecified atom stereocenters.